The molecule has 0 aliphatic carbocycles. The number of fused-ring (bicyclic) bond motifs is 1. The number of amides is 1. The summed E-state index contributed by atoms with van der Waals surface area (Å²) in [4.78, 5) is 30.3. The first-order valence-electron chi connectivity index (χ1n) is 10.2. The zero-order chi connectivity index (χ0) is 23.5. The normalized spacial score (nSPS) is 10.8. The van der Waals surface area contributed by atoms with E-state index < -0.39 is 0 Å². The second kappa shape index (κ2) is 9.07. The minimum absolute atomic E-state index is 0.185. The average molecular weight is 448 g/mol. The van der Waals surface area contributed by atoms with Crippen molar-refractivity contribution in [3.8, 4) is 28.4 Å². The third-order valence-electron chi connectivity index (χ3n) is 5.31. The number of ether oxygens (including phenoxy) is 3. The van der Waals surface area contributed by atoms with E-state index in [-0.39, 0.29) is 18.0 Å². The Morgan fingerprint density at radius 2 is 1.82 bits per heavy atom. The number of anilines is 1. The standard InChI is InChI=1S/C24H24N4O5/c1-27-12-18(15-6-5-7-17(10-15)31-2)22-23(27)24(30)28(14-25-22)13-21(29)26-16-8-9-19(32-3)20(11-16)33-4/h5-12,14H,13H2,1-4H3,(H,26,29). The molecule has 0 unspecified atom stereocenters. The van der Waals surface area contributed by atoms with Crippen molar-refractivity contribution >= 4 is 22.6 Å². The van der Waals surface area contributed by atoms with Crippen molar-refractivity contribution in [1.82, 2.24) is 14.1 Å². The highest BCUT2D eigenvalue weighted by atomic mass is 16.5. The summed E-state index contributed by atoms with van der Waals surface area (Å²) in [6, 6.07) is 12.6. The van der Waals surface area contributed by atoms with Gasteiger partial charge in [-0.15, -0.1) is 0 Å². The Hall–Kier alpha value is -4.27. The van der Waals surface area contributed by atoms with Crippen LogP contribution in [0.4, 0.5) is 5.69 Å². The quantitative estimate of drug-likeness (QED) is 0.467. The first-order valence-corrected chi connectivity index (χ1v) is 10.2. The van der Waals surface area contributed by atoms with E-state index >= 15 is 0 Å². The van der Waals surface area contributed by atoms with Crippen LogP contribution in [0.25, 0.3) is 22.2 Å². The topological polar surface area (TPSA) is 96.6 Å². The molecule has 0 bridgehead atoms. The highest BCUT2D eigenvalue weighted by molar-refractivity contribution is 5.93. The maximum Gasteiger partial charge on any atom is 0.278 e. The molecule has 1 N–H and O–H groups in total. The molecule has 9 nitrogen and oxygen atoms in total. The molecule has 2 aromatic heterocycles. The molecule has 0 aliphatic rings. The van der Waals surface area contributed by atoms with Crippen LogP contribution in [0.15, 0.2) is 59.8 Å². The summed E-state index contributed by atoms with van der Waals surface area (Å²) >= 11 is 0. The molecule has 4 rings (SSSR count). The fourth-order valence-electron chi connectivity index (χ4n) is 3.70. The van der Waals surface area contributed by atoms with E-state index in [0.717, 1.165) is 11.1 Å². The number of rotatable bonds is 7. The van der Waals surface area contributed by atoms with Crippen molar-refractivity contribution in [2.24, 2.45) is 7.05 Å². The summed E-state index contributed by atoms with van der Waals surface area (Å²) in [7, 11) is 6.44. The molecule has 2 aromatic carbocycles. The van der Waals surface area contributed by atoms with Crippen LogP contribution < -0.4 is 25.1 Å². The molecule has 0 atom stereocenters. The molecular weight excluding hydrogens is 424 g/mol. The fourth-order valence-corrected chi connectivity index (χ4v) is 3.70. The minimum Gasteiger partial charge on any atom is -0.497 e. The first kappa shape index (κ1) is 21.9. The number of hydrogen-bond donors (Lipinski definition) is 1. The second-order valence-electron chi connectivity index (χ2n) is 7.38. The van der Waals surface area contributed by atoms with E-state index in [4.69, 9.17) is 14.2 Å². The van der Waals surface area contributed by atoms with Gasteiger partial charge in [0.15, 0.2) is 11.5 Å². The first-order chi connectivity index (χ1) is 15.9. The van der Waals surface area contributed by atoms with Gasteiger partial charge in [-0.3, -0.25) is 14.2 Å². The van der Waals surface area contributed by atoms with Gasteiger partial charge in [0.1, 0.15) is 23.3 Å². The van der Waals surface area contributed by atoms with Crippen molar-refractivity contribution in [3.05, 3.63) is 65.3 Å². The van der Waals surface area contributed by atoms with E-state index in [0.29, 0.717) is 34.0 Å². The minimum atomic E-state index is -0.368. The number of carbonyl (C=O) groups excluding carboxylic acids is 1. The van der Waals surface area contributed by atoms with Gasteiger partial charge in [-0.25, -0.2) is 4.98 Å². The summed E-state index contributed by atoms with van der Waals surface area (Å²) in [6.07, 6.45) is 3.24. The summed E-state index contributed by atoms with van der Waals surface area (Å²) < 4.78 is 18.8. The molecule has 0 saturated carbocycles. The number of hydrogen-bond acceptors (Lipinski definition) is 6. The highest BCUT2D eigenvalue weighted by Gasteiger charge is 2.17. The summed E-state index contributed by atoms with van der Waals surface area (Å²) in [5, 5.41) is 2.77. The average Bonchev–Trinajstić information content (AvgIpc) is 3.17. The Balaban J connectivity index is 1.62. The Morgan fingerprint density at radius 3 is 2.55 bits per heavy atom. The Labute approximate surface area is 190 Å². The summed E-state index contributed by atoms with van der Waals surface area (Å²) in [5.74, 6) is 1.39. The van der Waals surface area contributed by atoms with Crippen LogP contribution in [0.5, 0.6) is 17.2 Å². The monoisotopic (exact) mass is 448 g/mol. The lowest BCUT2D eigenvalue weighted by Gasteiger charge is -2.11. The molecule has 0 aliphatic heterocycles. The number of benzene rings is 2. The lowest BCUT2D eigenvalue weighted by atomic mass is 10.1. The largest absolute Gasteiger partial charge is 0.497 e. The maximum absolute atomic E-state index is 13.1. The predicted molar refractivity (Wildman–Crippen MR) is 125 cm³/mol. The Kier molecular flexibility index (Phi) is 6.03. The molecule has 0 fully saturated rings. The van der Waals surface area contributed by atoms with Crippen LogP contribution in [0.3, 0.4) is 0 Å². The van der Waals surface area contributed by atoms with Crippen LogP contribution in [0, 0.1) is 0 Å². The molecule has 9 heteroatoms. The van der Waals surface area contributed by atoms with Crippen LogP contribution in [0.1, 0.15) is 0 Å². The number of nitrogens with zero attached hydrogens (tertiary/aromatic N) is 3. The summed E-state index contributed by atoms with van der Waals surface area (Å²) in [6.45, 7) is -0.185. The molecule has 2 heterocycles. The maximum atomic E-state index is 13.1. The van der Waals surface area contributed by atoms with E-state index in [1.807, 2.05) is 30.5 Å². The number of carbonyl (C=O) groups is 1. The molecule has 0 saturated heterocycles. The fraction of sp³-hybridized carbons (Fsp3) is 0.208. The molecule has 4 aromatic rings. The van der Waals surface area contributed by atoms with Gasteiger partial charge in [0.05, 0.1) is 27.7 Å². The van der Waals surface area contributed by atoms with Crippen molar-refractivity contribution in [2.75, 3.05) is 26.6 Å². The lowest BCUT2D eigenvalue weighted by molar-refractivity contribution is -0.116. The number of nitrogens with one attached hydrogen (secondary N) is 1. The van der Waals surface area contributed by atoms with Crippen molar-refractivity contribution in [3.63, 3.8) is 0 Å². The van der Waals surface area contributed by atoms with E-state index in [1.54, 1.807) is 36.9 Å². The van der Waals surface area contributed by atoms with Crippen LogP contribution in [0.2, 0.25) is 0 Å². The van der Waals surface area contributed by atoms with Crippen LogP contribution in [-0.4, -0.2) is 41.4 Å². The Morgan fingerprint density at radius 1 is 1.03 bits per heavy atom. The van der Waals surface area contributed by atoms with E-state index in [1.165, 1.54) is 25.1 Å². The third-order valence-corrected chi connectivity index (χ3v) is 5.31. The highest BCUT2D eigenvalue weighted by Crippen LogP contribution is 2.30. The second-order valence-corrected chi connectivity index (χ2v) is 7.38. The van der Waals surface area contributed by atoms with Crippen molar-refractivity contribution < 1.29 is 19.0 Å². The zero-order valence-electron chi connectivity index (χ0n) is 18.8. The number of methoxy groups -OCH3 is 3. The number of aryl methyl sites for hydroxylation is 1. The van der Waals surface area contributed by atoms with E-state index in [2.05, 4.69) is 10.3 Å². The molecular formula is C24H24N4O5. The van der Waals surface area contributed by atoms with Crippen molar-refractivity contribution in [2.45, 2.75) is 6.54 Å². The molecule has 0 radical (unpaired) electrons. The molecule has 1 amide bonds. The molecule has 0 spiro atoms. The van der Waals surface area contributed by atoms with Crippen LogP contribution >= 0.6 is 0 Å². The van der Waals surface area contributed by atoms with Gasteiger partial charge in [0, 0.05) is 30.6 Å². The van der Waals surface area contributed by atoms with Gasteiger partial charge in [0.2, 0.25) is 5.91 Å². The number of aromatic nitrogens is 3. The zero-order valence-corrected chi connectivity index (χ0v) is 18.8. The van der Waals surface area contributed by atoms with E-state index in [9.17, 15) is 9.59 Å². The SMILES string of the molecule is COc1cccc(-c2cn(C)c3c(=O)n(CC(=O)Nc4ccc(OC)c(OC)c4)cnc23)c1. The molecule has 33 heavy (non-hydrogen) atoms. The molecule has 170 valence electrons. The van der Waals surface area contributed by atoms with Gasteiger partial charge in [0.25, 0.3) is 5.56 Å². The predicted octanol–water partition coefficient (Wildman–Crippen LogP) is 3.07. The van der Waals surface area contributed by atoms with Gasteiger partial charge in [-0.05, 0) is 29.8 Å². The smallest absolute Gasteiger partial charge is 0.278 e. The lowest BCUT2D eigenvalue weighted by Crippen LogP contribution is -2.28. The van der Waals surface area contributed by atoms with Gasteiger partial charge < -0.3 is 24.1 Å². The van der Waals surface area contributed by atoms with Gasteiger partial charge in [-0.1, -0.05) is 12.1 Å². The van der Waals surface area contributed by atoms with Crippen molar-refractivity contribution in [1.29, 1.82) is 0 Å². The third kappa shape index (κ3) is 4.25. The van der Waals surface area contributed by atoms with Crippen LogP contribution in [-0.2, 0) is 18.4 Å². The Bertz CT molecular complexity index is 1390. The summed E-state index contributed by atoms with van der Waals surface area (Å²) in [5.41, 5.74) is 2.89. The van der Waals surface area contributed by atoms with Gasteiger partial charge in [-0.2, -0.15) is 0 Å². The van der Waals surface area contributed by atoms with Gasteiger partial charge >= 0.3 is 0 Å².